The summed E-state index contributed by atoms with van der Waals surface area (Å²) in [6.45, 7) is 0. The van der Waals surface area contributed by atoms with Crippen LogP contribution in [-0.2, 0) is 0 Å². The first-order chi connectivity index (χ1) is 12.8. The number of aromatic nitrogens is 4. The number of para-hydroxylation sites is 1. The third-order valence-electron chi connectivity index (χ3n) is 3.89. The van der Waals surface area contributed by atoms with E-state index in [9.17, 15) is 0 Å². The van der Waals surface area contributed by atoms with Crippen LogP contribution >= 0.6 is 11.3 Å². The molecule has 0 atom stereocenters. The average Bonchev–Trinajstić information content (AvgIpc) is 3.27. The van der Waals surface area contributed by atoms with Gasteiger partial charge in [-0.05, 0) is 35.9 Å². The quantitative estimate of drug-likeness (QED) is 0.535. The predicted molar refractivity (Wildman–Crippen MR) is 103 cm³/mol. The van der Waals surface area contributed by atoms with Gasteiger partial charge in [0, 0.05) is 0 Å². The van der Waals surface area contributed by atoms with Crippen LogP contribution < -0.4 is 9.47 Å². The van der Waals surface area contributed by atoms with Crippen molar-refractivity contribution in [2.45, 2.75) is 0 Å². The van der Waals surface area contributed by atoms with Crippen molar-refractivity contribution in [2.24, 2.45) is 0 Å². The summed E-state index contributed by atoms with van der Waals surface area (Å²) < 4.78 is 12.3. The first-order valence-corrected chi connectivity index (χ1v) is 8.78. The fraction of sp³-hybridized carbons (Fsp3) is 0.105. The van der Waals surface area contributed by atoms with Gasteiger partial charge in [0.25, 0.3) is 0 Å². The second-order valence-electron chi connectivity index (χ2n) is 5.47. The van der Waals surface area contributed by atoms with E-state index in [1.165, 1.54) is 11.3 Å². The Bertz CT molecular complexity index is 1070. The van der Waals surface area contributed by atoms with Gasteiger partial charge in [-0.15, -0.1) is 10.2 Å². The monoisotopic (exact) mass is 364 g/mol. The molecule has 0 amide bonds. The van der Waals surface area contributed by atoms with E-state index in [1.54, 1.807) is 18.7 Å². The Labute approximate surface area is 154 Å². The molecule has 130 valence electrons. The Morgan fingerprint density at radius 3 is 2.50 bits per heavy atom. The van der Waals surface area contributed by atoms with E-state index in [0.717, 1.165) is 32.6 Å². The molecule has 0 aliphatic carbocycles. The van der Waals surface area contributed by atoms with Crippen molar-refractivity contribution in [1.82, 2.24) is 19.8 Å². The molecule has 4 aromatic rings. The lowest BCUT2D eigenvalue weighted by Crippen LogP contribution is -1.94. The molecule has 0 unspecified atom stereocenters. The first kappa shape index (κ1) is 16.3. The molecule has 0 aliphatic rings. The highest BCUT2D eigenvalue weighted by atomic mass is 32.1. The van der Waals surface area contributed by atoms with Crippen molar-refractivity contribution in [3.8, 4) is 22.9 Å². The molecule has 2 aromatic heterocycles. The fourth-order valence-corrected chi connectivity index (χ4v) is 3.32. The van der Waals surface area contributed by atoms with Gasteiger partial charge < -0.3 is 9.47 Å². The molecule has 4 rings (SSSR count). The molecule has 0 saturated heterocycles. The van der Waals surface area contributed by atoms with Crippen molar-refractivity contribution in [2.75, 3.05) is 14.2 Å². The summed E-state index contributed by atoms with van der Waals surface area (Å²) in [6, 6.07) is 15.6. The minimum absolute atomic E-state index is 0.665. The highest BCUT2D eigenvalue weighted by Crippen LogP contribution is 2.29. The smallest absolute Gasteiger partial charge is 0.235 e. The Kier molecular flexibility index (Phi) is 4.37. The van der Waals surface area contributed by atoms with Crippen LogP contribution in [0.25, 0.3) is 28.5 Å². The van der Waals surface area contributed by atoms with Gasteiger partial charge in [-0.25, -0.2) is 0 Å². The third-order valence-corrected chi connectivity index (χ3v) is 4.75. The van der Waals surface area contributed by atoms with Crippen LogP contribution in [0.3, 0.4) is 0 Å². The van der Waals surface area contributed by atoms with Crippen LogP contribution in [0.5, 0.6) is 11.5 Å². The molecule has 0 bridgehead atoms. The molecule has 0 N–H and O–H groups in total. The number of nitrogens with zero attached hydrogens (tertiary/aromatic N) is 4. The zero-order valence-electron chi connectivity index (χ0n) is 14.3. The van der Waals surface area contributed by atoms with Crippen molar-refractivity contribution in [1.29, 1.82) is 0 Å². The Morgan fingerprint density at radius 2 is 1.73 bits per heavy atom. The van der Waals surface area contributed by atoms with E-state index in [1.807, 2.05) is 60.7 Å². The SMILES string of the molecule is COc1ccc(/C=C/c2nn3c(-c4ccccc4OC)nnc3s2)cc1. The average molecular weight is 364 g/mol. The zero-order chi connectivity index (χ0) is 17.9. The fourth-order valence-electron chi connectivity index (χ4n) is 2.58. The molecule has 2 aromatic carbocycles. The van der Waals surface area contributed by atoms with Crippen molar-refractivity contribution in [3.63, 3.8) is 0 Å². The van der Waals surface area contributed by atoms with Gasteiger partial charge in [0.15, 0.2) is 5.82 Å². The minimum Gasteiger partial charge on any atom is -0.497 e. The number of methoxy groups -OCH3 is 2. The number of rotatable bonds is 5. The van der Waals surface area contributed by atoms with Gasteiger partial charge >= 0.3 is 0 Å². The molecule has 7 heteroatoms. The molecule has 2 heterocycles. The topological polar surface area (TPSA) is 61.5 Å². The molecule has 0 saturated carbocycles. The highest BCUT2D eigenvalue weighted by molar-refractivity contribution is 7.17. The molecular formula is C19H16N4O2S. The minimum atomic E-state index is 0.665. The molecule has 0 spiro atoms. The lowest BCUT2D eigenvalue weighted by atomic mass is 10.2. The van der Waals surface area contributed by atoms with E-state index in [-0.39, 0.29) is 0 Å². The van der Waals surface area contributed by atoms with Gasteiger partial charge in [-0.3, -0.25) is 0 Å². The number of hydrogen-bond acceptors (Lipinski definition) is 6. The maximum atomic E-state index is 5.42. The maximum absolute atomic E-state index is 5.42. The Morgan fingerprint density at radius 1 is 0.923 bits per heavy atom. The number of ether oxygens (including phenoxy) is 2. The number of benzene rings is 2. The van der Waals surface area contributed by atoms with Crippen molar-refractivity contribution in [3.05, 3.63) is 59.1 Å². The summed E-state index contributed by atoms with van der Waals surface area (Å²) in [7, 11) is 3.30. The lowest BCUT2D eigenvalue weighted by Gasteiger charge is -2.04. The summed E-state index contributed by atoms with van der Waals surface area (Å²) in [4.78, 5) is 0.736. The van der Waals surface area contributed by atoms with Crippen molar-refractivity contribution >= 4 is 28.4 Å². The zero-order valence-corrected chi connectivity index (χ0v) is 15.1. The second-order valence-corrected chi connectivity index (χ2v) is 6.45. The standard InChI is InChI=1S/C19H16N4O2S/c1-24-14-10-7-13(8-11-14)9-12-17-22-23-18(20-21-19(23)26-17)15-5-3-4-6-16(15)25-2/h3-12H,1-2H3/b12-9+. The van der Waals surface area contributed by atoms with Crippen LogP contribution in [-0.4, -0.2) is 34.0 Å². The summed E-state index contributed by atoms with van der Waals surface area (Å²) in [5.74, 6) is 2.24. The molecule has 6 nitrogen and oxygen atoms in total. The molecule has 0 aliphatic heterocycles. The van der Waals surface area contributed by atoms with Gasteiger partial charge in [0.05, 0.1) is 19.8 Å². The van der Waals surface area contributed by atoms with Gasteiger partial charge in [0.2, 0.25) is 4.96 Å². The normalized spacial score (nSPS) is 11.3. The van der Waals surface area contributed by atoms with Crippen molar-refractivity contribution < 1.29 is 9.47 Å². The predicted octanol–water partition coefficient (Wildman–Crippen LogP) is 4.04. The van der Waals surface area contributed by atoms with E-state index in [2.05, 4.69) is 15.3 Å². The van der Waals surface area contributed by atoms with Gasteiger partial charge in [-0.2, -0.15) is 9.61 Å². The number of fused-ring (bicyclic) bond motifs is 1. The summed E-state index contributed by atoms with van der Waals surface area (Å²) in [6.07, 6.45) is 3.97. The number of hydrogen-bond donors (Lipinski definition) is 0. The summed E-state index contributed by atoms with van der Waals surface area (Å²) in [5, 5.41) is 14.0. The molecule has 0 fully saturated rings. The van der Waals surface area contributed by atoms with Crippen LogP contribution in [0.2, 0.25) is 0 Å². The van der Waals surface area contributed by atoms with Crippen LogP contribution in [0.1, 0.15) is 10.6 Å². The van der Waals surface area contributed by atoms with E-state index in [0.29, 0.717) is 5.82 Å². The lowest BCUT2D eigenvalue weighted by molar-refractivity contribution is 0.415. The van der Waals surface area contributed by atoms with E-state index in [4.69, 9.17) is 9.47 Å². The van der Waals surface area contributed by atoms with Crippen LogP contribution in [0.15, 0.2) is 48.5 Å². The van der Waals surface area contributed by atoms with Gasteiger partial charge in [-0.1, -0.05) is 41.7 Å². The maximum Gasteiger partial charge on any atom is 0.235 e. The Hall–Kier alpha value is -3.19. The largest absolute Gasteiger partial charge is 0.497 e. The second kappa shape index (κ2) is 6.97. The molecule has 26 heavy (non-hydrogen) atoms. The first-order valence-electron chi connectivity index (χ1n) is 7.96. The third kappa shape index (κ3) is 3.04. The summed E-state index contributed by atoms with van der Waals surface area (Å²) >= 11 is 1.48. The molecular weight excluding hydrogens is 348 g/mol. The van der Waals surface area contributed by atoms with E-state index >= 15 is 0 Å². The highest BCUT2D eigenvalue weighted by Gasteiger charge is 2.15. The summed E-state index contributed by atoms with van der Waals surface area (Å²) in [5.41, 5.74) is 1.93. The van der Waals surface area contributed by atoms with Crippen LogP contribution in [0, 0.1) is 0 Å². The van der Waals surface area contributed by atoms with Crippen LogP contribution in [0.4, 0.5) is 0 Å². The van der Waals surface area contributed by atoms with E-state index < -0.39 is 0 Å². The van der Waals surface area contributed by atoms with Gasteiger partial charge in [0.1, 0.15) is 16.5 Å². The molecule has 0 radical (unpaired) electrons. The Balaban J connectivity index is 1.66.